The van der Waals surface area contributed by atoms with Gasteiger partial charge in [0.25, 0.3) is 5.91 Å². The third-order valence-corrected chi connectivity index (χ3v) is 8.42. The van der Waals surface area contributed by atoms with Gasteiger partial charge < -0.3 is 9.88 Å². The molecule has 0 saturated heterocycles. The highest BCUT2D eigenvalue weighted by atomic mass is 35.5. The normalized spacial score (nSPS) is 12.6. The zero-order chi connectivity index (χ0) is 19.3. The summed E-state index contributed by atoms with van der Waals surface area (Å²) in [5.74, 6) is -1.35. The van der Waals surface area contributed by atoms with Crippen molar-refractivity contribution in [3.63, 3.8) is 0 Å². The van der Waals surface area contributed by atoms with Crippen LogP contribution in [0.4, 0.5) is 0 Å². The molecular weight excluding hydrogens is 400 g/mol. The van der Waals surface area contributed by atoms with Gasteiger partial charge in [-0.2, -0.15) is 0 Å². The van der Waals surface area contributed by atoms with E-state index < -0.39 is 17.8 Å². The van der Waals surface area contributed by atoms with Gasteiger partial charge >= 0.3 is 0 Å². The van der Waals surface area contributed by atoms with E-state index >= 15 is 0 Å². The molecule has 138 valence electrons. The summed E-state index contributed by atoms with van der Waals surface area (Å²) in [7, 11) is -3.36. The number of halogens is 2. The van der Waals surface area contributed by atoms with Gasteiger partial charge in [-0.1, -0.05) is 78.9 Å². The van der Waals surface area contributed by atoms with Gasteiger partial charge in [-0.15, -0.1) is 23.2 Å². The van der Waals surface area contributed by atoms with Crippen LogP contribution in [-0.4, -0.2) is 16.5 Å². The molecule has 0 heterocycles. The number of carbonyl (C=O) groups excluding carboxylic acids is 1. The number of amides is 1. The van der Waals surface area contributed by atoms with Crippen LogP contribution in [-0.2, 0) is 4.57 Å². The lowest BCUT2D eigenvalue weighted by Gasteiger charge is -2.30. The minimum Gasteiger partial charge on any atom is -0.339 e. The van der Waals surface area contributed by atoms with E-state index in [2.05, 4.69) is 5.32 Å². The lowest BCUT2D eigenvalue weighted by molar-refractivity contribution is 0.0949. The molecule has 0 unspecified atom stereocenters. The molecule has 27 heavy (non-hydrogen) atoms. The highest BCUT2D eigenvalue weighted by Crippen LogP contribution is 2.50. The third-order valence-electron chi connectivity index (χ3n) is 4.22. The van der Waals surface area contributed by atoms with Gasteiger partial charge in [0.2, 0.25) is 0 Å². The Morgan fingerprint density at radius 3 is 1.56 bits per heavy atom. The SMILES string of the molecule is O=C(N[C@H](C(Cl)Cl)P(=O)(c1ccccc1)c1ccccc1)c1ccccc1. The fourth-order valence-electron chi connectivity index (χ4n) is 2.89. The van der Waals surface area contributed by atoms with Crippen molar-refractivity contribution in [2.24, 2.45) is 0 Å². The molecule has 0 radical (unpaired) electrons. The van der Waals surface area contributed by atoms with E-state index in [1.54, 1.807) is 72.8 Å². The van der Waals surface area contributed by atoms with Crippen LogP contribution in [0.1, 0.15) is 10.4 Å². The fraction of sp³-hybridized carbons (Fsp3) is 0.0952. The molecule has 0 spiro atoms. The van der Waals surface area contributed by atoms with Crippen molar-refractivity contribution in [3.8, 4) is 0 Å². The number of benzene rings is 3. The molecule has 3 aromatic rings. The zero-order valence-electron chi connectivity index (χ0n) is 14.3. The highest BCUT2D eigenvalue weighted by Gasteiger charge is 2.41. The number of nitrogens with one attached hydrogen (secondary N) is 1. The van der Waals surface area contributed by atoms with Gasteiger partial charge in [0.1, 0.15) is 10.6 Å². The minimum absolute atomic E-state index is 0.376. The molecule has 3 rings (SSSR count). The maximum absolute atomic E-state index is 14.3. The third kappa shape index (κ3) is 4.27. The van der Waals surface area contributed by atoms with E-state index in [-0.39, 0.29) is 5.91 Å². The van der Waals surface area contributed by atoms with Crippen molar-refractivity contribution < 1.29 is 9.36 Å². The van der Waals surface area contributed by atoms with Crippen LogP contribution < -0.4 is 15.9 Å². The summed E-state index contributed by atoms with van der Waals surface area (Å²) in [6.45, 7) is 0. The Morgan fingerprint density at radius 1 is 0.741 bits per heavy atom. The summed E-state index contributed by atoms with van der Waals surface area (Å²) in [5, 5.41) is 3.97. The number of rotatable bonds is 6. The first-order valence-electron chi connectivity index (χ1n) is 8.38. The highest BCUT2D eigenvalue weighted by molar-refractivity contribution is 7.79. The van der Waals surface area contributed by atoms with Crippen molar-refractivity contribution in [1.82, 2.24) is 5.32 Å². The van der Waals surface area contributed by atoms with Gasteiger partial charge in [0.15, 0.2) is 7.14 Å². The summed E-state index contributed by atoms with van der Waals surface area (Å²) < 4.78 is 14.3. The van der Waals surface area contributed by atoms with Crippen LogP contribution in [0.25, 0.3) is 0 Å². The van der Waals surface area contributed by atoms with E-state index in [9.17, 15) is 9.36 Å². The van der Waals surface area contributed by atoms with Crippen molar-refractivity contribution in [1.29, 1.82) is 0 Å². The molecule has 3 aromatic carbocycles. The second-order valence-electron chi connectivity index (χ2n) is 5.95. The first-order chi connectivity index (χ1) is 13.0. The molecule has 6 heteroatoms. The summed E-state index contributed by atoms with van der Waals surface area (Å²) in [6, 6.07) is 26.7. The lowest BCUT2D eigenvalue weighted by atomic mass is 10.2. The van der Waals surface area contributed by atoms with Crippen molar-refractivity contribution in [3.05, 3.63) is 96.6 Å². The second-order valence-corrected chi connectivity index (χ2v) is 10.0. The molecule has 0 aliphatic rings. The van der Waals surface area contributed by atoms with Crippen LogP contribution in [0.15, 0.2) is 91.0 Å². The molecule has 0 bridgehead atoms. The molecule has 0 saturated carbocycles. The fourth-order valence-corrected chi connectivity index (χ4v) is 6.75. The quantitative estimate of drug-likeness (QED) is 0.471. The topological polar surface area (TPSA) is 46.2 Å². The Hall–Kier alpha value is -2.06. The first-order valence-corrected chi connectivity index (χ1v) is 11.0. The Morgan fingerprint density at radius 2 is 1.15 bits per heavy atom. The van der Waals surface area contributed by atoms with Gasteiger partial charge in [-0.3, -0.25) is 4.79 Å². The van der Waals surface area contributed by atoms with Crippen LogP contribution >= 0.6 is 30.3 Å². The Bertz CT molecular complexity index is 891. The average molecular weight is 418 g/mol. The lowest BCUT2D eigenvalue weighted by Crippen LogP contribution is -2.44. The molecule has 1 atom stereocenters. The van der Waals surface area contributed by atoms with Crippen LogP contribution in [0, 0.1) is 0 Å². The maximum Gasteiger partial charge on any atom is 0.251 e. The van der Waals surface area contributed by atoms with E-state index in [1.807, 2.05) is 18.2 Å². The van der Waals surface area contributed by atoms with Crippen LogP contribution in [0.5, 0.6) is 0 Å². The molecule has 0 aliphatic carbocycles. The van der Waals surface area contributed by atoms with E-state index in [0.29, 0.717) is 16.2 Å². The average Bonchev–Trinajstić information content (AvgIpc) is 2.73. The summed E-state index contributed by atoms with van der Waals surface area (Å²) in [4.78, 5) is 11.7. The Kier molecular flexibility index (Phi) is 6.38. The predicted molar refractivity (Wildman–Crippen MR) is 113 cm³/mol. The molecule has 1 N–H and O–H groups in total. The van der Waals surface area contributed by atoms with Gasteiger partial charge in [-0.05, 0) is 12.1 Å². The first kappa shape index (κ1) is 19.7. The number of hydrogen-bond donors (Lipinski definition) is 1. The molecule has 0 aliphatic heterocycles. The molecular formula is C21H18Cl2NO2P. The summed E-state index contributed by atoms with van der Waals surface area (Å²) in [5.41, 5.74) is 0.448. The van der Waals surface area contributed by atoms with Crippen molar-refractivity contribution in [2.45, 2.75) is 10.6 Å². The standard InChI is InChI=1S/C21H18Cl2NO2P/c22-19(23)21(24-20(25)16-10-4-1-5-11-16)27(26,17-12-6-2-7-13-17)18-14-8-3-9-15-18/h1-15,19,21H,(H,24,25)/t21-/m0/s1. The maximum atomic E-state index is 14.3. The van der Waals surface area contributed by atoms with Crippen LogP contribution in [0.3, 0.4) is 0 Å². The monoisotopic (exact) mass is 417 g/mol. The molecule has 3 nitrogen and oxygen atoms in total. The molecule has 1 amide bonds. The number of alkyl halides is 2. The smallest absolute Gasteiger partial charge is 0.251 e. The van der Waals surface area contributed by atoms with Gasteiger partial charge in [0.05, 0.1) is 0 Å². The number of carbonyl (C=O) groups is 1. The van der Waals surface area contributed by atoms with Crippen molar-refractivity contribution >= 4 is 46.9 Å². The predicted octanol–water partition coefficient (Wildman–Crippen LogP) is 4.56. The van der Waals surface area contributed by atoms with E-state index in [0.717, 1.165) is 0 Å². The molecule has 0 aromatic heterocycles. The largest absolute Gasteiger partial charge is 0.339 e. The summed E-state index contributed by atoms with van der Waals surface area (Å²) in [6.07, 6.45) is 0. The zero-order valence-corrected chi connectivity index (χ0v) is 16.7. The van der Waals surface area contributed by atoms with Gasteiger partial charge in [-0.25, -0.2) is 0 Å². The Balaban J connectivity index is 2.08. The second kappa shape index (κ2) is 8.75. The minimum atomic E-state index is -3.36. The van der Waals surface area contributed by atoms with Crippen LogP contribution in [0.2, 0.25) is 0 Å². The van der Waals surface area contributed by atoms with E-state index in [1.165, 1.54) is 0 Å². The van der Waals surface area contributed by atoms with Crippen molar-refractivity contribution in [2.75, 3.05) is 0 Å². The Labute approximate surface area is 168 Å². The van der Waals surface area contributed by atoms with E-state index in [4.69, 9.17) is 23.2 Å². The molecule has 0 fully saturated rings. The summed E-state index contributed by atoms with van der Waals surface area (Å²) >= 11 is 12.5. The number of hydrogen-bond acceptors (Lipinski definition) is 2. The van der Waals surface area contributed by atoms with Gasteiger partial charge in [0, 0.05) is 16.2 Å².